The fourth-order valence-electron chi connectivity index (χ4n) is 2.62. The van der Waals surface area contributed by atoms with Gasteiger partial charge in [0.2, 0.25) is 12.7 Å². The molecule has 0 fully saturated rings. The van der Waals surface area contributed by atoms with Gasteiger partial charge in [0.05, 0.1) is 18.2 Å². The van der Waals surface area contributed by atoms with Crippen molar-refractivity contribution < 1.29 is 14.3 Å². The van der Waals surface area contributed by atoms with Gasteiger partial charge in [0.15, 0.2) is 11.5 Å². The molecule has 1 atom stereocenters. The number of nitrogens with zero attached hydrogens (tertiary/aromatic N) is 1. The minimum atomic E-state index is -0.0728. The number of pyridine rings is 1. The summed E-state index contributed by atoms with van der Waals surface area (Å²) in [5, 5.41) is 3.05. The molecule has 1 N–H and O–H groups in total. The molecule has 120 valence electrons. The first-order chi connectivity index (χ1) is 11.2. The van der Waals surface area contributed by atoms with Crippen LogP contribution in [0.25, 0.3) is 0 Å². The van der Waals surface area contributed by atoms with Gasteiger partial charge in [-0.2, -0.15) is 0 Å². The van der Waals surface area contributed by atoms with Crippen LogP contribution < -0.4 is 14.8 Å². The van der Waals surface area contributed by atoms with Crippen molar-refractivity contribution in [2.24, 2.45) is 0 Å². The predicted molar refractivity (Wildman–Crippen MR) is 86.4 cm³/mol. The number of hydrogen-bond donors (Lipinski definition) is 1. The van der Waals surface area contributed by atoms with E-state index in [1.807, 2.05) is 44.2 Å². The summed E-state index contributed by atoms with van der Waals surface area (Å²) in [5.74, 6) is 1.39. The molecule has 0 saturated heterocycles. The Labute approximate surface area is 135 Å². The van der Waals surface area contributed by atoms with Gasteiger partial charge in [-0.3, -0.25) is 9.78 Å². The van der Waals surface area contributed by atoms with Crippen LogP contribution in [0.2, 0.25) is 0 Å². The third-order valence-corrected chi connectivity index (χ3v) is 3.84. The van der Waals surface area contributed by atoms with Crippen LogP contribution in [-0.4, -0.2) is 17.7 Å². The van der Waals surface area contributed by atoms with Gasteiger partial charge in [0, 0.05) is 6.20 Å². The van der Waals surface area contributed by atoms with Crippen LogP contribution >= 0.6 is 0 Å². The number of benzene rings is 1. The number of carbonyl (C=O) groups is 1. The second-order valence-electron chi connectivity index (χ2n) is 5.65. The third kappa shape index (κ3) is 3.62. The Hall–Kier alpha value is -2.56. The number of amides is 1. The van der Waals surface area contributed by atoms with Gasteiger partial charge >= 0.3 is 0 Å². The number of aryl methyl sites for hydroxylation is 1. The molecular weight excluding hydrogens is 292 g/mol. The van der Waals surface area contributed by atoms with Crippen molar-refractivity contribution in [3.63, 3.8) is 0 Å². The second-order valence-corrected chi connectivity index (χ2v) is 5.65. The van der Waals surface area contributed by atoms with Crippen molar-refractivity contribution in [2.75, 3.05) is 6.79 Å². The Balaban J connectivity index is 1.66. The highest BCUT2D eigenvalue weighted by Crippen LogP contribution is 2.32. The van der Waals surface area contributed by atoms with Crippen molar-refractivity contribution in [3.05, 3.63) is 53.3 Å². The molecule has 3 rings (SSSR count). The van der Waals surface area contributed by atoms with E-state index < -0.39 is 0 Å². The Morgan fingerprint density at radius 3 is 2.87 bits per heavy atom. The van der Waals surface area contributed by atoms with Crippen LogP contribution in [0.15, 0.2) is 36.5 Å². The largest absolute Gasteiger partial charge is 0.454 e. The van der Waals surface area contributed by atoms with Gasteiger partial charge in [0.25, 0.3) is 0 Å². The first-order valence-electron chi connectivity index (χ1n) is 7.76. The molecule has 0 radical (unpaired) electrons. The maximum atomic E-state index is 12.3. The summed E-state index contributed by atoms with van der Waals surface area (Å²) in [7, 11) is 0. The van der Waals surface area contributed by atoms with E-state index in [4.69, 9.17) is 9.47 Å². The van der Waals surface area contributed by atoms with Gasteiger partial charge in [-0.15, -0.1) is 0 Å². The maximum absolute atomic E-state index is 12.3. The molecule has 2 heterocycles. The molecule has 23 heavy (non-hydrogen) atoms. The topological polar surface area (TPSA) is 60.5 Å². The molecule has 1 aromatic heterocycles. The van der Waals surface area contributed by atoms with Gasteiger partial charge in [-0.1, -0.05) is 13.0 Å². The fourth-order valence-corrected chi connectivity index (χ4v) is 2.62. The molecule has 1 aliphatic heterocycles. The zero-order valence-corrected chi connectivity index (χ0v) is 13.3. The molecule has 1 aromatic carbocycles. The molecule has 1 aliphatic rings. The molecule has 1 unspecified atom stereocenters. The zero-order chi connectivity index (χ0) is 16.2. The van der Waals surface area contributed by atoms with Crippen molar-refractivity contribution in [1.29, 1.82) is 0 Å². The van der Waals surface area contributed by atoms with Gasteiger partial charge in [-0.05, 0) is 48.7 Å². The summed E-state index contributed by atoms with van der Waals surface area (Å²) < 4.78 is 10.6. The van der Waals surface area contributed by atoms with E-state index in [-0.39, 0.29) is 18.7 Å². The molecule has 0 aliphatic carbocycles. The van der Waals surface area contributed by atoms with Crippen LogP contribution in [0.4, 0.5) is 0 Å². The number of fused-ring (bicyclic) bond motifs is 1. The number of rotatable bonds is 5. The van der Waals surface area contributed by atoms with Crippen LogP contribution in [0.3, 0.4) is 0 Å². The monoisotopic (exact) mass is 312 g/mol. The van der Waals surface area contributed by atoms with Gasteiger partial charge in [-0.25, -0.2) is 0 Å². The lowest BCUT2D eigenvalue weighted by Gasteiger charge is -2.17. The lowest BCUT2D eigenvalue weighted by molar-refractivity contribution is -0.121. The van der Waals surface area contributed by atoms with E-state index in [9.17, 15) is 4.79 Å². The number of carbonyl (C=O) groups excluding carboxylic acids is 1. The van der Waals surface area contributed by atoms with E-state index in [2.05, 4.69) is 10.3 Å². The highest BCUT2D eigenvalue weighted by molar-refractivity contribution is 5.79. The Morgan fingerprint density at radius 1 is 1.26 bits per heavy atom. The molecule has 5 heteroatoms. The van der Waals surface area contributed by atoms with Crippen LogP contribution in [0.5, 0.6) is 11.5 Å². The number of hydrogen-bond acceptors (Lipinski definition) is 4. The van der Waals surface area contributed by atoms with E-state index in [0.29, 0.717) is 12.2 Å². The number of ether oxygens (including phenoxy) is 2. The van der Waals surface area contributed by atoms with Crippen molar-refractivity contribution >= 4 is 5.91 Å². The van der Waals surface area contributed by atoms with Gasteiger partial charge in [0.1, 0.15) is 0 Å². The molecule has 0 saturated carbocycles. The molecule has 0 spiro atoms. The SMILES string of the molecule is CCC(NC(=O)Cc1ccc2c(c1)OCO2)c1cc(C)ccn1. The average molecular weight is 312 g/mol. The first kappa shape index (κ1) is 15.3. The molecule has 5 nitrogen and oxygen atoms in total. The summed E-state index contributed by atoms with van der Waals surface area (Å²) in [6.45, 7) is 4.30. The average Bonchev–Trinajstić information content (AvgIpc) is 3.00. The third-order valence-electron chi connectivity index (χ3n) is 3.84. The quantitative estimate of drug-likeness (QED) is 0.922. The standard InChI is InChI=1S/C18H20N2O3/c1-3-14(15-8-12(2)6-7-19-15)20-18(21)10-13-4-5-16-17(9-13)23-11-22-16/h4-9,14H,3,10-11H2,1-2H3,(H,20,21). The van der Waals surface area contributed by atoms with E-state index in [1.54, 1.807) is 6.20 Å². The number of aromatic nitrogens is 1. The fraction of sp³-hybridized carbons (Fsp3) is 0.333. The predicted octanol–water partition coefficient (Wildman–Crippen LogP) is 2.93. The first-order valence-corrected chi connectivity index (χ1v) is 7.76. The lowest BCUT2D eigenvalue weighted by Crippen LogP contribution is -2.30. The van der Waals surface area contributed by atoms with Crippen molar-refractivity contribution in [1.82, 2.24) is 10.3 Å². The molecular formula is C18H20N2O3. The Bertz CT molecular complexity index is 715. The second kappa shape index (κ2) is 6.69. The summed E-state index contributed by atoms with van der Waals surface area (Å²) in [5.41, 5.74) is 2.93. The number of nitrogens with one attached hydrogen (secondary N) is 1. The van der Waals surface area contributed by atoms with E-state index in [0.717, 1.165) is 29.0 Å². The van der Waals surface area contributed by atoms with Gasteiger partial charge < -0.3 is 14.8 Å². The minimum absolute atomic E-state index is 0.0287. The van der Waals surface area contributed by atoms with Crippen LogP contribution in [0.1, 0.15) is 36.2 Å². The van der Waals surface area contributed by atoms with E-state index in [1.165, 1.54) is 0 Å². The van der Waals surface area contributed by atoms with Crippen LogP contribution in [-0.2, 0) is 11.2 Å². The molecule has 0 bridgehead atoms. The highest BCUT2D eigenvalue weighted by atomic mass is 16.7. The summed E-state index contributed by atoms with van der Waals surface area (Å²) in [6, 6.07) is 9.47. The molecule has 2 aromatic rings. The minimum Gasteiger partial charge on any atom is -0.454 e. The normalized spacial score (nSPS) is 13.7. The highest BCUT2D eigenvalue weighted by Gasteiger charge is 2.17. The smallest absolute Gasteiger partial charge is 0.231 e. The summed E-state index contributed by atoms with van der Waals surface area (Å²) >= 11 is 0. The van der Waals surface area contributed by atoms with Crippen molar-refractivity contribution in [2.45, 2.75) is 32.7 Å². The zero-order valence-electron chi connectivity index (χ0n) is 13.3. The Kier molecular flexibility index (Phi) is 4.46. The lowest BCUT2D eigenvalue weighted by atomic mass is 10.1. The van der Waals surface area contributed by atoms with Crippen molar-refractivity contribution in [3.8, 4) is 11.5 Å². The Morgan fingerprint density at radius 2 is 2.09 bits per heavy atom. The molecule has 1 amide bonds. The summed E-state index contributed by atoms with van der Waals surface area (Å²) in [4.78, 5) is 16.7. The summed E-state index contributed by atoms with van der Waals surface area (Å²) in [6.07, 6.45) is 2.87. The maximum Gasteiger partial charge on any atom is 0.231 e. The van der Waals surface area contributed by atoms with E-state index >= 15 is 0 Å². The van der Waals surface area contributed by atoms with Crippen LogP contribution in [0, 0.1) is 6.92 Å².